The average molecular weight is 531 g/mol. The topological polar surface area (TPSA) is 87.0 Å². The quantitative estimate of drug-likeness (QED) is 0.311. The Morgan fingerprint density at radius 1 is 1.03 bits per heavy atom. The Morgan fingerprint density at radius 2 is 1.74 bits per heavy atom. The van der Waals surface area contributed by atoms with Crippen molar-refractivity contribution in [2.75, 3.05) is 13.2 Å². The summed E-state index contributed by atoms with van der Waals surface area (Å²) < 4.78 is 5.92. The summed E-state index contributed by atoms with van der Waals surface area (Å²) in [6.45, 7) is 16.5. The normalized spacial score (nSPS) is 54.1. The number of fused-ring (bicyclic) bond motifs is 7. The van der Waals surface area contributed by atoms with Crippen LogP contribution in [0.25, 0.3) is 0 Å². The molecule has 0 bridgehead atoms. The zero-order valence-electron chi connectivity index (χ0n) is 25.1. The largest absolute Gasteiger partial charge is 0.465 e. The van der Waals surface area contributed by atoms with Crippen LogP contribution < -0.4 is 0 Å². The van der Waals surface area contributed by atoms with Gasteiger partial charge in [-0.15, -0.1) is 0 Å². The van der Waals surface area contributed by atoms with Gasteiger partial charge in [-0.25, -0.2) is 0 Å². The van der Waals surface area contributed by atoms with Crippen molar-refractivity contribution in [1.82, 2.24) is 0 Å². The summed E-state index contributed by atoms with van der Waals surface area (Å²) in [4.78, 5) is 13.8. The number of ether oxygens (including phenoxy) is 1. The summed E-state index contributed by atoms with van der Waals surface area (Å²) in [7, 11) is 0. The second kappa shape index (κ2) is 9.31. The molecule has 0 saturated heterocycles. The standard InChI is InChI=1S/C33H54O5/c1-8-17-38-28(37)33-14-11-20(2)21(3)26(33)22-9-10-25-29(4)18-23(35)27(36)30(5,19-34)24(29)12-13-32(25,7)31(22,6)15-16-33/h9,20-21,23-27,34-36H,8,10-19H2,1-7H3/t20-,21+,23-,24?,25?,26?,27+,29+,30+,31-,32-,33+/m1/s1. The Morgan fingerprint density at radius 3 is 2.39 bits per heavy atom. The molecule has 3 unspecified atom stereocenters. The molecule has 0 amide bonds. The van der Waals surface area contributed by atoms with Crippen molar-refractivity contribution in [3.63, 3.8) is 0 Å². The maximum Gasteiger partial charge on any atom is 0.312 e. The van der Waals surface area contributed by atoms with Gasteiger partial charge in [0, 0.05) is 5.41 Å². The van der Waals surface area contributed by atoms with Crippen LogP contribution >= 0.6 is 0 Å². The molecule has 38 heavy (non-hydrogen) atoms. The van der Waals surface area contributed by atoms with Gasteiger partial charge in [-0.1, -0.05) is 60.1 Å². The third-order valence-electron chi connectivity index (χ3n) is 13.9. The van der Waals surface area contributed by atoms with Crippen molar-refractivity contribution in [3.05, 3.63) is 11.6 Å². The molecule has 5 rings (SSSR count). The smallest absolute Gasteiger partial charge is 0.312 e. The number of carbonyl (C=O) groups excluding carboxylic acids is 1. The summed E-state index contributed by atoms with van der Waals surface area (Å²) in [5.41, 5.74) is 0.242. The summed E-state index contributed by atoms with van der Waals surface area (Å²) in [5, 5.41) is 32.6. The van der Waals surface area contributed by atoms with Crippen LogP contribution in [0.5, 0.6) is 0 Å². The van der Waals surface area contributed by atoms with Crippen LogP contribution in [0.15, 0.2) is 11.6 Å². The van der Waals surface area contributed by atoms with Gasteiger partial charge in [0.1, 0.15) is 0 Å². The van der Waals surface area contributed by atoms with Crippen molar-refractivity contribution in [3.8, 4) is 0 Å². The molecule has 0 aliphatic heterocycles. The lowest BCUT2D eigenvalue weighted by molar-refractivity contribution is -0.244. The third-order valence-corrected chi connectivity index (χ3v) is 13.9. The molecule has 5 aliphatic rings. The summed E-state index contributed by atoms with van der Waals surface area (Å²) in [5.74, 6) is 1.78. The average Bonchev–Trinajstić information content (AvgIpc) is 2.88. The predicted octanol–water partition coefficient (Wildman–Crippen LogP) is 5.90. The molecule has 5 aliphatic carbocycles. The van der Waals surface area contributed by atoms with Crippen LogP contribution in [-0.4, -0.2) is 46.7 Å². The highest BCUT2D eigenvalue weighted by molar-refractivity contribution is 5.79. The number of aliphatic hydroxyl groups is 3. The van der Waals surface area contributed by atoms with Crippen LogP contribution in [0.4, 0.5) is 0 Å². The van der Waals surface area contributed by atoms with Crippen LogP contribution in [0.2, 0.25) is 0 Å². The van der Waals surface area contributed by atoms with Crippen LogP contribution in [0.3, 0.4) is 0 Å². The van der Waals surface area contributed by atoms with Gasteiger partial charge in [0.15, 0.2) is 0 Å². The maximum absolute atomic E-state index is 13.8. The SMILES string of the molecule is CCCOC(=O)[C@]12CC[C@@H](C)[C@H](C)C1C1=CCC3[C@@]4(C)C[C@@H](O)[C@H](O)[C@@](C)(CO)C4CC[C@@]3(C)[C@]1(C)CC2. The Balaban J connectivity index is 1.59. The molecule has 5 nitrogen and oxygen atoms in total. The monoisotopic (exact) mass is 530 g/mol. The first kappa shape index (κ1) is 28.6. The number of hydrogen-bond donors (Lipinski definition) is 3. The van der Waals surface area contributed by atoms with E-state index in [9.17, 15) is 20.1 Å². The third kappa shape index (κ3) is 3.49. The molecule has 4 fully saturated rings. The van der Waals surface area contributed by atoms with Gasteiger partial charge in [-0.05, 0) is 104 Å². The lowest BCUT2D eigenvalue weighted by Crippen LogP contribution is -2.68. The highest BCUT2D eigenvalue weighted by Gasteiger charge is 2.70. The second-order valence-electron chi connectivity index (χ2n) is 15.3. The fourth-order valence-corrected chi connectivity index (χ4v) is 11.3. The second-order valence-corrected chi connectivity index (χ2v) is 15.3. The molecule has 0 aromatic heterocycles. The van der Waals surface area contributed by atoms with Crippen molar-refractivity contribution < 1.29 is 24.9 Å². The highest BCUT2D eigenvalue weighted by atomic mass is 16.5. The number of allylic oxidation sites excluding steroid dienone is 2. The van der Waals surface area contributed by atoms with Gasteiger partial charge >= 0.3 is 5.97 Å². The number of carbonyl (C=O) groups is 1. The van der Waals surface area contributed by atoms with Gasteiger partial charge in [0.05, 0.1) is 30.8 Å². The predicted molar refractivity (Wildman–Crippen MR) is 149 cm³/mol. The Kier molecular flexibility index (Phi) is 7.01. The first-order valence-electron chi connectivity index (χ1n) is 15.6. The highest BCUT2D eigenvalue weighted by Crippen LogP contribution is 2.75. The van der Waals surface area contributed by atoms with Gasteiger partial charge < -0.3 is 20.1 Å². The van der Waals surface area contributed by atoms with E-state index in [1.807, 2.05) is 6.92 Å². The zero-order chi connectivity index (χ0) is 27.9. The fourth-order valence-electron chi connectivity index (χ4n) is 11.3. The lowest BCUT2D eigenvalue weighted by atomic mass is 9.33. The molecule has 3 N–H and O–H groups in total. The molecule has 0 aromatic rings. The van der Waals surface area contributed by atoms with E-state index in [2.05, 4.69) is 47.6 Å². The van der Waals surface area contributed by atoms with Crippen LogP contribution in [0.1, 0.15) is 106 Å². The number of rotatable bonds is 4. The molecule has 216 valence electrons. The lowest BCUT2D eigenvalue weighted by Gasteiger charge is -2.71. The van der Waals surface area contributed by atoms with E-state index in [-0.39, 0.29) is 40.7 Å². The Labute approximate surface area is 230 Å². The minimum absolute atomic E-state index is 0.0228. The summed E-state index contributed by atoms with van der Waals surface area (Å²) in [6, 6.07) is 0. The fraction of sp³-hybridized carbons (Fsp3) is 0.909. The Bertz CT molecular complexity index is 976. The minimum Gasteiger partial charge on any atom is -0.465 e. The van der Waals surface area contributed by atoms with Crippen molar-refractivity contribution in [1.29, 1.82) is 0 Å². The van der Waals surface area contributed by atoms with Crippen LogP contribution in [-0.2, 0) is 9.53 Å². The number of aliphatic hydroxyl groups excluding tert-OH is 3. The molecule has 0 spiro atoms. The first-order chi connectivity index (χ1) is 17.8. The molecule has 4 saturated carbocycles. The van der Waals surface area contributed by atoms with E-state index in [4.69, 9.17) is 4.74 Å². The number of esters is 1. The molecule has 0 radical (unpaired) electrons. The van der Waals surface area contributed by atoms with E-state index in [0.717, 1.165) is 51.4 Å². The van der Waals surface area contributed by atoms with E-state index < -0.39 is 23.0 Å². The maximum atomic E-state index is 13.8. The number of hydrogen-bond acceptors (Lipinski definition) is 5. The van der Waals surface area contributed by atoms with Crippen molar-refractivity contribution in [2.24, 2.45) is 56.7 Å². The minimum atomic E-state index is -0.894. The van der Waals surface area contributed by atoms with E-state index in [1.165, 1.54) is 5.57 Å². The molecule has 12 atom stereocenters. The molecular formula is C33H54O5. The molecule has 0 aromatic carbocycles. The molecule has 0 heterocycles. The van der Waals surface area contributed by atoms with Gasteiger partial charge in [0.25, 0.3) is 0 Å². The molecular weight excluding hydrogens is 476 g/mol. The molecule has 5 heteroatoms. The van der Waals surface area contributed by atoms with E-state index in [1.54, 1.807) is 0 Å². The summed E-state index contributed by atoms with van der Waals surface area (Å²) in [6.07, 6.45) is 9.09. The zero-order valence-corrected chi connectivity index (χ0v) is 25.1. The van der Waals surface area contributed by atoms with Gasteiger partial charge in [-0.3, -0.25) is 4.79 Å². The van der Waals surface area contributed by atoms with Crippen LogP contribution in [0, 0.1) is 56.7 Å². The van der Waals surface area contributed by atoms with Crippen molar-refractivity contribution in [2.45, 2.75) is 118 Å². The van der Waals surface area contributed by atoms with Gasteiger partial charge in [-0.2, -0.15) is 0 Å². The van der Waals surface area contributed by atoms with E-state index in [0.29, 0.717) is 30.8 Å². The first-order valence-corrected chi connectivity index (χ1v) is 15.6. The van der Waals surface area contributed by atoms with E-state index >= 15 is 0 Å². The Hall–Kier alpha value is -0.910. The summed E-state index contributed by atoms with van der Waals surface area (Å²) >= 11 is 0. The van der Waals surface area contributed by atoms with Crippen molar-refractivity contribution >= 4 is 5.97 Å². The van der Waals surface area contributed by atoms with Gasteiger partial charge in [0.2, 0.25) is 0 Å².